The van der Waals surface area contributed by atoms with Crippen LogP contribution in [0.3, 0.4) is 0 Å². The number of rotatable bonds is 6. The minimum atomic E-state index is -0.295. The van der Waals surface area contributed by atoms with Crippen molar-refractivity contribution in [3.8, 4) is 22.6 Å². The Kier molecular flexibility index (Phi) is 5.43. The zero-order chi connectivity index (χ0) is 21.3. The standard InChI is InChI=1S/C27H22O2S2/c1-28-19-11-15-21(16-12-19)30-27(31-22-17-13-20(29-2)14-18-22)25-9-5-3-7-23(25)24-8-4-6-10-26(24)27/h3-18H,1-2H3. The van der Waals surface area contributed by atoms with Crippen LogP contribution in [-0.4, -0.2) is 14.2 Å². The van der Waals surface area contributed by atoms with E-state index in [1.54, 1.807) is 14.2 Å². The van der Waals surface area contributed by atoms with Crippen LogP contribution in [0.4, 0.5) is 0 Å². The molecule has 0 N–H and O–H groups in total. The van der Waals surface area contributed by atoms with Crippen LogP contribution in [0.2, 0.25) is 0 Å². The van der Waals surface area contributed by atoms with Crippen molar-refractivity contribution >= 4 is 23.5 Å². The van der Waals surface area contributed by atoms with Crippen molar-refractivity contribution in [2.24, 2.45) is 0 Å². The number of hydrogen-bond acceptors (Lipinski definition) is 4. The van der Waals surface area contributed by atoms with Crippen molar-refractivity contribution in [3.63, 3.8) is 0 Å². The largest absolute Gasteiger partial charge is 0.497 e. The van der Waals surface area contributed by atoms with Gasteiger partial charge in [-0.3, -0.25) is 0 Å². The van der Waals surface area contributed by atoms with Crippen LogP contribution in [0.5, 0.6) is 11.5 Å². The Morgan fingerprint density at radius 1 is 0.516 bits per heavy atom. The molecular weight excluding hydrogens is 420 g/mol. The molecule has 0 atom stereocenters. The maximum absolute atomic E-state index is 5.37. The molecule has 0 amide bonds. The summed E-state index contributed by atoms with van der Waals surface area (Å²) in [5, 5.41) is 0. The lowest BCUT2D eigenvalue weighted by atomic mass is 10.1. The molecule has 0 saturated heterocycles. The molecule has 2 nitrogen and oxygen atoms in total. The first kappa shape index (κ1) is 20.1. The predicted octanol–water partition coefficient (Wildman–Crippen LogP) is 7.47. The minimum Gasteiger partial charge on any atom is -0.497 e. The lowest BCUT2D eigenvalue weighted by molar-refractivity contribution is 0.414. The van der Waals surface area contributed by atoms with E-state index < -0.39 is 0 Å². The number of methoxy groups -OCH3 is 2. The Morgan fingerprint density at radius 2 is 0.903 bits per heavy atom. The maximum atomic E-state index is 5.37. The topological polar surface area (TPSA) is 18.5 Å². The third kappa shape index (κ3) is 3.60. The summed E-state index contributed by atoms with van der Waals surface area (Å²) >= 11 is 3.77. The first-order valence-electron chi connectivity index (χ1n) is 10.1. The molecule has 154 valence electrons. The van der Waals surface area contributed by atoms with Crippen LogP contribution in [0.1, 0.15) is 11.1 Å². The predicted molar refractivity (Wildman–Crippen MR) is 130 cm³/mol. The fourth-order valence-corrected chi connectivity index (χ4v) is 7.12. The fraction of sp³-hybridized carbons (Fsp3) is 0.111. The average Bonchev–Trinajstić information content (AvgIpc) is 3.10. The maximum Gasteiger partial charge on any atom is 0.121 e. The van der Waals surface area contributed by atoms with Crippen LogP contribution in [-0.2, 0) is 4.08 Å². The number of benzene rings is 4. The highest BCUT2D eigenvalue weighted by molar-refractivity contribution is 8.17. The first-order chi connectivity index (χ1) is 15.2. The van der Waals surface area contributed by atoms with Crippen molar-refractivity contribution in [1.29, 1.82) is 0 Å². The summed E-state index contributed by atoms with van der Waals surface area (Å²) in [6, 6.07) is 34.2. The molecule has 1 aliphatic carbocycles. The second-order valence-corrected chi connectivity index (χ2v) is 10.1. The molecule has 31 heavy (non-hydrogen) atoms. The van der Waals surface area contributed by atoms with Crippen LogP contribution in [0.25, 0.3) is 11.1 Å². The van der Waals surface area contributed by atoms with E-state index in [1.807, 2.05) is 47.8 Å². The Labute approximate surface area is 191 Å². The SMILES string of the molecule is COc1ccc(SC2(Sc3ccc(OC)cc3)c3ccccc3-c3ccccc32)cc1. The van der Waals surface area contributed by atoms with Gasteiger partial charge < -0.3 is 9.47 Å². The molecular formula is C27H22O2S2. The quantitative estimate of drug-likeness (QED) is 0.288. The monoisotopic (exact) mass is 442 g/mol. The molecule has 4 heteroatoms. The van der Waals surface area contributed by atoms with E-state index in [2.05, 4.69) is 72.8 Å². The molecule has 0 spiro atoms. The smallest absolute Gasteiger partial charge is 0.121 e. The molecule has 0 heterocycles. The van der Waals surface area contributed by atoms with E-state index >= 15 is 0 Å². The highest BCUT2D eigenvalue weighted by atomic mass is 32.2. The molecule has 0 saturated carbocycles. The summed E-state index contributed by atoms with van der Waals surface area (Å²) in [5.74, 6) is 1.74. The van der Waals surface area contributed by atoms with Gasteiger partial charge in [-0.25, -0.2) is 0 Å². The minimum absolute atomic E-state index is 0.295. The molecule has 0 unspecified atom stereocenters. The zero-order valence-electron chi connectivity index (χ0n) is 17.4. The lowest BCUT2D eigenvalue weighted by Crippen LogP contribution is -2.16. The van der Waals surface area contributed by atoms with Crippen molar-refractivity contribution in [3.05, 3.63) is 108 Å². The summed E-state index contributed by atoms with van der Waals surface area (Å²) in [5.41, 5.74) is 5.27. The Bertz CT molecular complexity index is 1100. The molecule has 0 aromatic heterocycles. The van der Waals surface area contributed by atoms with Crippen LogP contribution in [0, 0.1) is 0 Å². The average molecular weight is 443 g/mol. The van der Waals surface area contributed by atoms with Gasteiger partial charge in [-0.05, 0) is 70.8 Å². The number of ether oxygens (including phenoxy) is 2. The molecule has 0 aliphatic heterocycles. The van der Waals surface area contributed by atoms with Gasteiger partial charge in [0.1, 0.15) is 15.6 Å². The van der Waals surface area contributed by atoms with Gasteiger partial charge in [-0.15, -0.1) is 0 Å². The third-order valence-corrected chi connectivity index (χ3v) is 8.47. The molecule has 0 radical (unpaired) electrons. The Hall–Kier alpha value is -2.82. The van der Waals surface area contributed by atoms with Crippen molar-refractivity contribution in [2.75, 3.05) is 14.2 Å². The van der Waals surface area contributed by atoms with E-state index in [9.17, 15) is 0 Å². The lowest BCUT2D eigenvalue weighted by Gasteiger charge is -2.31. The molecule has 0 bridgehead atoms. The normalized spacial score (nSPS) is 13.4. The van der Waals surface area contributed by atoms with E-state index in [-0.39, 0.29) is 4.08 Å². The fourth-order valence-electron chi connectivity index (χ4n) is 4.02. The van der Waals surface area contributed by atoms with E-state index in [0.29, 0.717) is 0 Å². The second kappa shape index (κ2) is 8.37. The van der Waals surface area contributed by atoms with Gasteiger partial charge >= 0.3 is 0 Å². The van der Waals surface area contributed by atoms with Gasteiger partial charge in [0.05, 0.1) is 14.2 Å². The van der Waals surface area contributed by atoms with Gasteiger partial charge in [0.25, 0.3) is 0 Å². The van der Waals surface area contributed by atoms with Crippen LogP contribution in [0.15, 0.2) is 107 Å². The van der Waals surface area contributed by atoms with Crippen molar-refractivity contribution < 1.29 is 9.47 Å². The van der Waals surface area contributed by atoms with Gasteiger partial charge in [0.2, 0.25) is 0 Å². The van der Waals surface area contributed by atoms with E-state index in [0.717, 1.165) is 11.5 Å². The second-order valence-electron chi connectivity index (χ2n) is 7.26. The van der Waals surface area contributed by atoms with E-state index in [1.165, 1.54) is 32.0 Å². The Morgan fingerprint density at radius 3 is 1.29 bits per heavy atom. The van der Waals surface area contributed by atoms with Crippen LogP contribution < -0.4 is 9.47 Å². The summed E-state index contributed by atoms with van der Waals surface area (Å²) in [7, 11) is 3.40. The van der Waals surface area contributed by atoms with Crippen molar-refractivity contribution in [1.82, 2.24) is 0 Å². The number of thioether (sulfide) groups is 2. The van der Waals surface area contributed by atoms with E-state index in [4.69, 9.17) is 9.47 Å². The van der Waals surface area contributed by atoms with Gasteiger partial charge in [0.15, 0.2) is 0 Å². The van der Waals surface area contributed by atoms with Crippen LogP contribution >= 0.6 is 23.5 Å². The van der Waals surface area contributed by atoms with Crippen molar-refractivity contribution in [2.45, 2.75) is 13.9 Å². The van der Waals surface area contributed by atoms with Gasteiger partial charge in [0, 0.05) is 9.79 Å². The summed E-state index contributed by atoms with van der Waals surface area (Å²) in [6.45, 7) is 0. The molecule has 0 fully saturated rings. The highest BCUT2D eigenvalue weighted by Gasteiger charge is 2.45. The summed E-state index contributed by atoms with van der Waals surface area (Å²) in [4.78, 5) is 2.40. The molecule has 4 aromatic rings. The molecule has 4 aromatic carbocycles. The van der Waals surface area contributed by atoms with Gasteiger partial charge in [-0.1, -0.05) is 72.1 Å². The molecule has 5 rings (SSSR count). The number of hydrogen-bond donors (Lipinski definition) is 0. The summed E-state index contributed by atoms with van der Waals surface area (Å²) < 4.78 is 10.4. The first-order valence-corrected chi connectivity index (χ1v) is 11.7. The van der Waals surface area contributed by atoms with Gasteiger partial charge in [-0.2, -0.15) is 0 Å². The zero-order valence-corrected chi connectivity index (χ0v) is 19.0. The highest BCUT2D eigenvalue weighted by Crippen LogP contribution is 2.64. The Balaban J connectivity index is 1.67. The summed E-state index contributed by atoms with van der Waals surface area (Å²) in [6.07, 6.45) is 0. The number of fused-ring (bicyclic) bond motifs is 3. The third-order valence-electron chi connectivity index (χ3n) is 5.50. The molecule has 1 aliphatic rings.